The van der Waals surface area contributed by atoms with E-state index in [1.54, 1.807) is 36.4 Å². The summed E-state index contributed by atoms with van der Waals surface area (Å²) in [5, 5.41) is 0.526. The van der Waals surface area contributed by atoms with Crippen LogP contribution in [0.15, 0.2) is 51.7 Å². The van der Waals surface area contributed by atoms with Crippen LogP contribution < -0.4 is 10.3 Å². The Hall–Kier alpha value is -2.47. The van der Waals surface area contributed by atoms with Crippen molar-refractivity contribution in [3.8, 4) is 17.1 Å². The lowest BCUT2D eigenvalue weighted by Gasteiger charge is -2.08. The van der Waals surface area contributed by atoms with Crippen molar-refractivity contribution >= 4 is 32.8 Å². The molecule has 0 bridgehead atoms. The lowest BCUT2D eigenvalue weighted by Crippen LogP contribution is -2.09. The predicted octanol–water partition coefficient (Wildman–Crippen LogP) is 3.28. The summed E-state index contributed by atoms with van der Waals surface area (Å²) in [5.41, 5.74) is 1.03. The van der Waals surface area contributed by atoms with Crippen LogP contribution in [0.3, 0.4) is 0 Å². The first-order valence-corrected chi connectivity index (χ1v) is 7.31. The Labute approximate surface area is 134 Å². The lowest BCUT2D eigenvalue weighted by molar-refractivity contribution is -0.131. The summed E-state index contributed by atoms with van der Waals surface area (Å²) in [4.78, 5) is 30.4. The smallest absolute Gasteiger partial charge is 0.308 e. The quantitative estimate of drug-likeness (QED) is 0.563. The molecule has 0 aliphatic heterocycles. The molecule has 0 fully saturated rings. The Kier molecular flexibility index (Phi) is 3.77. The van der Waals surface area contributed by atoms with Crippen LogP contribution in [0.2, 0.25) is 0 Å². The molecule has 1 heterocycles. The van der Waals surface area contributed by atoms with E-state index in [0.717, 1.165) is 4.47 Å². The minimum absolute atomic E-state index is 0.217. The third kappa shape index (κ3) is 2.78. The molecule has 0 aliphatic rings. The third-order valence-corrected chi connectivity index (χ3v) is 3.76. The standard InChI is InChI=1S/C16H11BrN2O3/c1-9(20)22-10-6-7-13(17)12(8-10)15-18-14-5-3-2-4-11(14)16(21)19-15/h2-8H,1H3,(H,18,19,21). The fourth-order valence-corrected chi connectivity index (χ4v) is 2.56. The van der Waals surface area contributed by atoms with Gasteiger partial charge in [0.25, 0.3) is 5.56 Å². The van der Waals surface area contributed by atoms with Crippen LogP contribution in [-0.2, 0) is 4.79 Å². The van der Waals surface area contributed by atoms with E-state index in [0.29, 0.717) is 28.0 Å². The van der Waals surface area contributed by atoms with E-state index < -0.39 is 5.97 Å². The normalized spacial score (nSPS) is 10.6. The molecule has 22 heavy (non-hydrogen) atoms. The van der Waals surface area contributed by atoms with Gasteiger partial charge in [-0.05, 0) is 30.3 Å². The van der Waals surface area contributed by atoms with Crippen molar-refractivity contribution in [2.75, 3.05) is 0 Å². The topological polar surface area (TPSA) is 72.0 Å². The molecule has 2 aromatic carbocycles. The maximum Gasteiger partial charge on any atom is 0.308 e. The first kappa shape index (κ1) is 14.5. The van der Waals surface area contributed by atoms with Gasteiger partial charge in [0.15, 0.2) is 0 Å². The first-order chi connectivity index (χ1) is 10.5. The largest absolute Gasteiger partial charge is 0.427 e. The van der Waals surface area contributed by atoms with Gasteiger partial charge in [0.2, 0.25) is 0 Å². The molecule has 0 saturated carbocycles. The molecule has 1 N–H and O–H groups in total. The molecular weight excluding hydrogens is 348 g/mol. The highest BCUT2D eigenvalue weighted by molar-refractivity contribution is 9.10. The number of para-hydroxylation sites is 1. The van der Waals surface area contributed by atoms with Crippen molar-refractivity contribution in [2.24, 2.45) is 0 Å². The minimum Gasteiger partial charge on any atom is -0.427 e. The van der Waals surface area contributed by atoms with Gasteiger partial charge in [-0.3, -0.25) is 9.59 Å². The molecule has 0 amide bonds. The molecule has 0 aliphatic carbocycles. The van der Waals surface area contributed by atoms with E-state index in [-0.39, 0.29) is 5.56 Å². The average molecular weight is 359 g/mol. The number of carbonyl (C=O) groups excluding carboxylic acids is 1. The number of nitrogens with zero attached hydrogens (tertiary/aromatic N) is 1. The summed E-state index contributed by atoms with van der Waals surface area (Å²) in [5.74, 6) is 0.388. The zero-order valence-electron chi connectivity index (χ0n) is 11.6. The van der Waals surface area contributed by atoms with Gasteiger partial charge in [-0.15, -0.1) is 0 Å². The van der Waals surface area contributed by atoms with E-state index in [2.05, 4.69) is 25.9 Å². The highest BCUT2D eigenvalue weighted by Gasteiger charge is 2.11. The Balaban J connectivity index is 2.18. The van der Waals surface area contributed by atoms with Gasteiger partial charge in [0, 0.05) is 17.0 Å². The fraction of sp³-hybridized carbons (Fsp3) is 0.0625. The second-order valence-corrected chi connectivity index (χ2v) is 5.52. The van der Waals surface area contributed by atoms with E-state index in [1.807, 2.05) is 6.07 Å². The Bertz CT molecular complexity index is 934. The second kappa shape index (κ2) is 5.73. The van der Waals surface area contributed by atoms with Crippen LogP contribution >= 0.6 is 15.9 Å². The number of esters is 1. The number of aromatic amines is 1. The monoisotopic (exact) mass is 358 g/mol. The number of ether oxygens (including phenoxy) is 1. The van der Waals surface area contributed by atoms with Gasteiger partial charge < -0.3 is 9.72 Å². The van der Waals surface area contributed by atoms with E-state index >= 15 is 0 Å². The number of aromatic nitrogens is 2. The summed E-state index contributed by atoms with van der Waals surface area (Å²) < 4.78 is 5.81. The van der Waals surface area contributed by atoms with Crippen molar-refractivity contribution in [1.82, 2.24) is 9.97 Å². The summed E-state index contributed by atoms with van der Waals surface area (Å²) in [6.45, 7) is 1.33. The minimum atomic E-state index is -0.409. The van der Waals surface area contributed by atoms with E-state index in [1.165, 1.54) is 6.92 Å². The molecule has 6 heteroatoms. The number of carbonyl (C=O) groups is 1. The highest BCUT2D eigenvalue weighted by Crippen LogP contribution is 2.29. The number of hydrogen-bond acceptors (Lipinski definition) is 4. The number of fused-ring (bicyclic) bond motifs is 1. The molecule has 3 rings (SSSR count). The van der Waals surface area contributed by atoms with Crippen LogP contribution in [0.5, 0.6) is 5.75 Å². The van der Waals surface area contributed by atoms with Crippen LogP contribution in [0.25, 0.3) is 22.3 Å². The van der Waals surface area contributed by atoms with E-state index in [9.17, 15) is 9.59 Å². The maximum atomic E-state index is 12.2. The second-order valence-electron chi connectivity index (χ2n) is 4.67. The van der Waals surface area contributed by atoms with Crippen LogP contribution in [0.4, 0.5) is 0 Å². The van der Waals surface area contributed by atoms with Crippen LogP contribution in [-0.4, -0.2) is 15.9 Å². The Morgan fingerprint density at radius 1 is 1.23 bits per heavy atom. The third-order valence-electron chi connectivity index (χ3n) is 3.07. The molecule has 0 atom stereocenters. The number of halogens is 1. The maximum absolute atomic E-state index is 12.2. The van der Waals surface area contributed by atoms with Gasteiger partial charge >= 0.3 is 5.97 Å². The van der Waals surface area contributed by atoms with Crippen molar-refractivity contribution in [3.63, 3.8) is 0 Å². The molecule has 1 aromatic heterocycles. The lowest BCUT2D eigenvalue weighted by atomic mass is 10.2. The molecule has 0 spiro atoms. The van der Waals surface area contributed by atoms with Gasteiger partial charge in [0.1, 0.15) is 11.6 Å². The SMILES string of the molecule is CC(=O)Oc1ccc(Br)c(-c2nc3ccccc3c(=O)[nH]2)c1. The molecule has 5 nitrogen and oxygen atoms in total. The van der Waals surface area contributed by atoms with Gasteiger partial charge in [0.05, 0.1) is 10.9 Å². The number of nitrogens with one attached hydrogen (secondary N) is 1. The number of H-pyrrole nitrogens is 1. The summed E-state index contributed by atoms with van der Waals surface area (Å²) in [6, 6.07) is 12.2. The predicted molar refractivity (Wildman–Crippen MR) is 86.8 cm³/mol. The van der Waals surface area contributed by atoms with Crippen molar-refractivity contribution in [2.45, 2.75) is 6.92 Å². The van der Waals surface area contributed by atoms with E-state index in [4.69, 9.17) is 4.74 Å². The molecule has 0 saturated heterocycles. The molecule has 0 unspecified atom stereocenters. The number of hydrogen-bond donors (Lipinski definition) is 1. The number of rotatable bonds is 2. The molecule has 3 aromatic rings. The van der Waals surface area contributed by atoms with Crippen molar-refractivity contribution < 1.29 is 9.53 Å². The molecular formula is C16H11BrN2O3. The van der Waals surface area contributed by atoms with Gasteiger partial charge in [-0.2, -0.15) is 0 Å². The first-order valence-electron chi connectivity index (χ1n) is 6.52. The Morgan fingerprint density at radius 3 is 2.77 bits per heavy atom. The zero-order valence-corrected chi connectivity index (χ0v) is 13.2. The van der Waals surface area contributed by atoms with Crippen LogP contribution in [0.1, 0.15) is 6.92 Å². The summed E-state index contributed by atoms with van der Waals surface area (Å²) >= 11 is 3.42. The van der Waals surface area contributed by atoms with Crippen molar-refractivity contribution in [1.29, 1.82) is 0 Å². The Morgan fingerprint density at radius 2 is 2.00 bits per heavy atom. The number of benzene rings is 2. The van der Waals surface area contributed by atoms with Gasteiger partial charge in [-0.25, -0.2) is 4.98 Å². The fourth-order valence-electron chi connectivity index (χ4n) is 2.13. The zero-order chi connectivity index (χ0) is 15.7. The molecule has 110 valence electrons. The average Bonchev–Trinajstić information content (AvgIpc) is 2.49. The highest BCUT2D eigenvalue weighted by atomic mass is 79.9. The van der Waals surface area contributed by atoms with Gasteiger partial charge in [-0.1, -0.05) is 28.1 Å². The van der Waals surface area contributed by atoms with Crippen molar-refractivity contribution in [3.05, 3.63) is 57.3 Å². The van der Waals surface area contributed by atoms with Crippen LogP contribution in [0, 0.1) is 0 Å². The molecule has 0 radical (unpaired) electrons. The summed E-state index contributed by atoms with van der Waals surface area (Å²) in [7, 11) is 0. The summed E-state index contributed by atoms with van der Waals surface area (Å²) in [6.07, 6.45) is 0.